The van der Waals surface area contributed by atoms with E-state index in [4.69, 9.17) is 13.9 Å². The van der Waals surface area contributed by atoms with Gasteiger partial charge in [-0.05, 0) is 38.1 Å². The summed E-state index contributed by atoms with van der Waals surface area (Å²) in [5.74, 6) is 3.42. The van der Waals surface area contributed by atoms with E-state index in [2.05, 4.69) is 12.2 Å². The second-order valence-electron chi connectivity index (χ2n) is 4.38. The molecule has 1 unspecified atom stereocenters. The van der Waals surface area contributed by atoms with Gasteiger partial charge in [-0.15, -0.1) is 0 Å². The molecule has 0 bridgehead atoms. The Kier molecular flexibility index (Phi) is 2.63. The molecule has 2 heterocycles. The lowest BCUT2D eigenvalue weighted by Gasteiger charge is -2.13. The topological polar surface area (TPSA) is 43.6 Å². The molecule has 0 radical (unpaired) electrons. The van der Waals surface area contributed by atoms with Crippen LogP contribution < -0.4 is 14.8 Å². The van der Waals surface area contributed by atoms with Gasteiger partial charge in [0.05, 0.1) is 6.04 Å². The van der Waals surface area contributed by atoms with Gasteiger partial charge in [0.25, 0.3) is 0 Å². The van der Waals surface area contributed by atoms with E-state index in [1.165, 1.54) is 0 Å². The summed E-state index contributed by atoms with van der Waals surface area (Å²) in [6.45, 7) is 4.30. The summed E-state index contributed by atoms with van der Waals surface area (Å²) >= 11 is 0. The average Bonchev–Trinajstić information content (AvgIpc) is 2.96. The van der Waals surface area contributed by atoms with Gasteiger partial charge >= 0.3 is 0 Å². The van der Waals surface area contributed by atoms with Crippen molar-refractivity contribution >= 4 is 5.69 Å². The summed E-state index contributed by atoms with van der Waals surface area (Å²) in [6, 6.07) is 9.88. The van der Waals surface area contributed by atoms with Gasteiger partial charge in [0.1, 0.15) is 11.5 Å². The number of anilines is 1. The fourth-order valence-electron chi connectivity index (χ4n) is 1.99. The van der Waals surface area contributed by atoms with Crippen LogP contribution in [0.25, 0.3) is 0 Å². The zero-order chi connectivity index (χ0) is 12.5. The van der Waals surface area contributed by atoms with Crippen LogP contribution in [-0.2, 0) is 0 Å². The molecule has 0 amide bonds. The standard InChI is InChI=1S/C14H15NO3/c1-9-3-5-12(18-9)10(2)15-11-4-6-13-14(7-11)17-8-16-13/h3-7,10,15H,8H2,1-2H3. The maximum absolute atomic E-state index is 5.59. The van der Waals surface area contributed by atoms with Gasteiger partial charge in [-0.25, -0.2) is 0 Å². The third-order valence-electron chi connectivity index (χ3n) is 2.94. The third-order valence-corrected chi connectivity index (χ3v) is 2.94. The van der Waals surface area contributed by atoms with Gasteiger partial charge in [0.2, 0.25) is 6.79 Å². The number of rotatable bonds is 3. The highest BCUT2D eigenvalue weighted by atomic mass is 16.7. The second kappa shape index (κ2) is 4.29. The molecule has 1 aromatic heterocycles. The highest BCUT2D eigenvalue weighted by Crippen LogP contribution is 2.35. The van der Waals surface area contributed by atoms with Gasteiger partial charge in [-0.3, -0.25) is 0 Å². The smallest absolute Gasteiger partial charge is 0.231 e. The molecule has 94 valence electrons. The summed E-state index contributed by atoms with van der Waals surface area (Å²) in [7, 11) is 0. The van der Waals surface area contributed by atoms with Crippen molar-refractivity contribution in [2.75, 3.05) is 12.1 Å². The van der Waals surface area contributed by atoms with E-state index >= 15 is 0 Å². The SMILES string of the molecule is Cc1ccc(C(C)Nc2ccc3c(c2)OCO3)o1. The van der Waals surface area contributed by atoms with E-state index in [1.807, 2.05) is 37.3 Å². The van der Waals surface area contributed by atoms with E-state index in [0.717, 1.165) is 28.7 Å². The molecule has 0 saturated heterocycles. The normalized spacial score (nSPS) is 14.6. The molecule has 0 saturated carbocycles. The van der Waals surface area contributed by atoms with E-state index in [-0.39, 0.29) is 6.04 Å². The molecule has 0 spiro atoms. The van der Waals surface area contributed by atoms with Crippen molar-refractivity contribution in [2.45, 2.75) is 19.9 Å². The highest BCUT2D eigenvalue weighted by Gasteiger charge is 2.15. The third kappa shape index (κ3) is 2.01. The number of ether oxygens (including phenoxy) is 2. The molecule has 4 nitrogen and oxygen atoms in total. The Bertz CT molecular complexity index is 562. The molecule has 1 aliphatic rings. The minimum absolute atomic E-state index is 0.110. The van der Waals surface area contributed by atoms with Crippen LogP contribution in [-0.4, -0.2) is 6.79 Å². The van der Waals surface area contributed by atoms with Crippen molar-refractivity contribution in [3.8, 4) is 11.5 Å². The minimum Gasteiger partial charge on any atom is -0.464 e. The Morgan fingerprint density at radius 3 is 2.72 bits per heavy atom. The summed E-state index contributed by atoms with van der Waals surface area (Å²) in [4.78, 5) is 0. The predicted octanol–water partition coefficient (Wildman–Crippen LogP) is 3.49. The summed E-state index contributed by atoms with van der Waals surface area (Å²) < 4.78 is 16.2. The van der Waals surface area contributed by atoms with Crippen molar-refractivity contribution in [2.24, 2.45) is 0 Å². The van der Waals surface area contributed by atoms with Crippen LogP contribution in [0.4, 0.5) is 5.69 Å². The lowest BCUT2D eigenvalue weighted by Crippen LogP contribution is -2.05. The first kappa shape index (κ1) is 11.0. The number of furan rings is 1. The maximum atomic E-state index is 5.59. The zero-order valence-electron chi connectivity index (χ0n) is 10.4. The largest absolute Gasteiger partial charge is 0.464 e. The van der Waals surface area contributed by atoms with Crippen LogP contribution in [0.15, 0.2) is 34.7 Å². The minimum atomic E-state index is 0.110. The monoisotopic (exact) mass is 245 g/mol. The average molecular weight is 245 g/mol. The van der Waals surface area contributed by atoms with Crippen LogP contribution in [0.2, 0.25) is 0 Å². The summed E-state index contributed by atoms with van der Waals surface area (Å²) in [6.07, 6.45) is 0. The summed E-state index contributed by atoms with van der Waals surface area (Å²) in [5, 5.41) is 3.37. The highest BCUT2D eigenvalue weighted by molar-refractivity contribution is 5.56. The molecule has 1 aliphatic heterocycles. The molecule has 1 aromatic carbocycles. The maximum Gasteiger partial charge on any atom is 0.231 e. The molecule has 1 atom stereocenters. The van der Waals surface area contributed by atoms with E-state index in [0.29, 0.717) is 6.79 Å². The molecular weight excluding hydrogens is 230 g/mol. The molecule has 18 heavy (non-hydrogen) atoms. The van der Waals surface area contributed by atoms with Crippen molar-refractivity contribution in [3.63, 3.8) is 0 Å². The first-order valence-electron chi connectivity index (χ1n) is 5.95. The Labute approximate surface area is 106 Å². The van der Waals surface area contributed by atoms with Crippen LogP contribution in [0.1, 0.15) is 24.5 Å². The lowest BCUT2D eigenvalue weighted by molar-refractivity contribution is 0.174. The Balaban J connectivity index is 1.76. The van der Waals surface area contributed by atoms with Crippen molar-refractivity contribution in [1.82, 2.24) is 0 Å². The molecule has 1 N–H and O–H groups in total. The van der Waals surface area contributed by atoms with Crippen molar-refractivity contribution in [3.05, 3.63) is 41.9 Å². The molecule has 4 heteroatoms. The van der Waals surface area contributed by atoms with Crippen LogP contribution in [0.3, 0.4) is 0 Å². The Morgan fingerprint density at radius 2 is 1.94 bits per heavy atom. The number of fused-ring (bicyclic) bond motifs is 1. The fourth-order valence-corrected chi connectivity index (χ4v) is 1.99. The molecule has 2 aromatic rings. The summed E-state index contributed by atoms with van der Waals surface area (Å²) in [5.41, 5.74) is 0.987. The van der Waals surface area contributed by atoms with Gasteiger partial charge < -0.3 is 19.2 Å². The Hall–Kier alpha value is -2.10. The first-order chi connectivity index (χ1) is 8.72. The van der Waals surface area contributed by atoms with Crippen LogP contribution >= 0.6 is 0 Å². The lowest BCUT2D eigenvalue weighted by atomic mass is 10.2. The van der Waals surface area contributed by atoms with Gasteiger partial charge in [-0.2, -0.15) is 0 Å². The second-order valence-corrected chi connectivity index (χ2v) is 4.38. The van der Waals surface area contributed by atoms with E-state index < -0.39 is 0 Å². The fraction of sp³-hybridized carbons (Fsp3) is 0.286. The van der Waals surface area contributed by atoms with Gasteiger partial charge in [-0.1, -0.05) is 0 Å². The number of benzene rings is 1. The van der Waals surface area contributed by atoms with Gasteiger partial charge in [0.15, 0.2) is 11.5 Å². The van der Waals surface area contributed by atoms with E-state index in [9.17, 15) is 0 Å². The number of nitrogens with one attached hydrogen (secondary N) is 1. The number of aryl methyl sites for hydroxylation is 1. The van der Waals surface area contributed by atoms with Crippen LogP contribution in [0.5, 0.6) is 11.5 Å². The van der Waals surface area contributed by atoms with Crippen molar-refractivity contribution in [1.29, 1.82) is 0 Å². The molecule has 3 rings (SSSR count). The molecule has 0 fully saturated rings. The van der Waals surface area contributed by atoms with E-state index in [1.54, 1.807) is 0 Å². The molecule has 0 aliphatic carbocycles. The molecular formula is C14H15NO3. The van der Waals surface area contributed by atoms with Crippen LogP contribution in [0, 0.1) is 6.92 Å². The quantitative estimate of drug-likeness (QED) is 0.898. The Morgan fingerprint density at radius 1 is 1.11 bits per heavy atom. The first-order valence-corrected chi connectivity index (χ1v) is 5.95. The predicted molar refractivity (Wildman–Crippen MR) is 68.0 cm³/mol. The number of hydrogen-bond acceptors (Lipinski definition) is 4. The van der Waals surface area contributed by atoms with Gasteiger partial charge in [0, 0.05) is 11.8 Å². The number of hydrogen-bond donors (Lipinski definition) is 1. The zero-order valence-corrected chi connectivity index (χ0v) is 10.4. The van der Waals surface area contributed by atoms with Crippen molar-refractivity contribution < 1.29 is 13.9 Å².